The average Bonchev–Trinajstić information content (AvgIpc) is 2.93. The second-order valence-corrected chi connectivity index (χ2v) is 4.89. The van der Waals surface area contributed by atoms with Crippen molar-refractivity contribution >= 4 is 23.5 Å². The van der Waals surface area contributed by atoms with Gasteiger partial charge in [0, 0.05) is 17.1 Å². The highest BCUT2D eigenvalue weighted by Crippen LogP contribution is 2.16. The molecule has 22 heavy (non-hydrogen) atoms. The van der Waals surface area contributed by atoms with E-state index < -0.39 is 5.97 Å². The van der Waals surface area contributed by atoms with Crippen molar-refractivity contribution in [2.45, 2.75) is 13.5 Å². The Hall–Kier alpha value is -2.48. The number of nitrogens with zero attached hydrogens (tertiary/aromatic N) is 5. The lowest BCUT2D eigenvalue weighted by molar-refractivity contribution is -0.144. The standard InChI is InChI=1S/C13H14ClN5O3/c1-2-18(8-12(21)22)11(20)7-19-16-13(15-17-19)9-3-5-10(14)6-4-9/h3-6H,2,7-8H2,1H3,(H,21,22). The number of aliphatic carboxylic acids is 1. The van der Waals surface area contributed by atoms with Crippen LogP contribution in [-0.2, 0) is 16.1 Å². The Bertz CT molecular complexity index is 671. The number of halogens is 1. The van der Waals surface area contributed by atoms with Gasteiger partial charge in [0.1, 0.15) is 13.1 Å². The molecule has 0 aliphatic rings. The number of carboxylic acid groups (broad SMARTS) is 1. The minimum atomic E-state index is -1.07. The van der Waals surface area contributed by atoms with E-state index in [-0.39, 0.29) is 19.0 Å². The van der Waals surface area contributed by atoms with Crippen molar-refractivity contribution in [1.29, 1.82) is 0 Å². The molecule has 0 fully saturated rings. The van der Waals surface area contributed by atoms with Crippen LogP contribution in [0.25, 0.3) is 11.4 Å². The Morgan fingerprint density at radius 3 is 2.59 bits per heavy atom. The summed E-state index contributed by atoms with van der Waals surface area (Å²) in [4.78, 5) is 25.0. The predicted octanol–water partition coefficient (Wildman–Crippen LogP) is 0.927. The van der Waals surface area contributed by atoms with Crippen LogP contribution in [0.4, 0.5) is 0 Å². The van der Waals surface area contributed by atoms with Gasteiger partial charge in [-0.05, 0) is 36.4 Å². The largest absolute Gasteiger partial charge is 0.480 e. The number of carbonyl (C=O) groups excluding carboxylic acids is 1. The summed E-state index contributed by atoms with van der Waals surface area (Å²) in [7, 11) is 0. The molecule has 1 amide bonds. The Balaban J connectivity index is 2.06. The first-order chi connectivity index (χ1) is 10.5. The van der Waals surface area contributed by atoms with Gasteiger partial charge in [-0.2, -0.15) is 4.80 Å². The fourth-order valence-corrected chi connectivity index (χ4v) is 1.91. The lowest BCUT2D eigenvalue weighted by Crippen LogP contribution is -2.38. The molecule has 1 aromatic carbocycles. The number of rotatable bonds is 6. The number of carboxylic acids is 1. The van der Waals surface area contributed by atoms with Crippen LogP contribution >= 0.6 is 11.6 Å². The number of benzene rings is 1. The van der Waals surface area contributed by atoms with Gasteiger partial charge in [-0.1, -0.05) is 11.6 Å². The molecule has 0 bridgehead atoms. The zero-order valence-electron chi connectivity index (χ0n) is 11.8. The molecule has 0 unspecified atom stereocenters. The molecule has 116 valence electrons. The second kappa shape index (κ2) is 6.99. The Morgan fingerprint density at radius 1 is 1.32 bits per heavy atom. The molecule has 9 heteroatoms. The molecular weight excluding hydrogens is 310 g/mol. The first-order valence-corrected chi connectivity index (χ1v) is 6.90. The SMILES string of the molecule is CCN(CC(=O)O)C(=O)Cn1nnc(-c2ccc(Cl)cc2)n1. The molecule has 8 nitrogen and oxygen atoms in total. The zero-order chi connectivity index (χ0) is 16.1. The lowest BCUT2D eigenvalue weighted by Gasteiger charge is -2.17. The van der Waals surface area contributed by atoms with E-state index in [0.717, 1.165) is 10.4 Å². The van der Waals surface area contributed by atoms with Crippen LogP contribution in [0.15, 0.2) is 24.3 Å². The molecule has 2 aromatic rings. The highest BCUT2D eigenvalue weighted by atomic mass is 35.5. The van der Waals surface area contributed by atoms with Gasteiger partial charge in [0.05, 0.1) is 0 Å². The molecule has 0 radical (unpaired) electrons. The number of tetrazole rings is 1. The fourth-order valence-electron chi connectivity index (χ4n) is 1.79. The molecule has 1 heterocycles. The van der Waals surface area contributed by atoms with Gasteiger partial charge < -0.3 is 10.0 Å². The zero-order valence-corrected chi connectivity index (χ0v) is 12.6. The van der Waals surface area contributed by atoms with Crippen LogP contribution < -0.4 is 0 Å². The molecule has 1 aromatic heterocycles. The average molecular weight is 324 g/mol. The molecule has 0 atom stereocenters. The third-order valence-corrected chi connectivity index (χ3v) is 3.14. The van der Waals surface area contributed by atoms with Gasteiger partial charge in [0.15, 0.2) is 0 Å². The number of likely N-dealkylation sites (N-methyl/N-ethyl adjacent to an activating group) is 1. The normalized spacial score (nSPS) is 10.5. The van der Waals surface area contributed by atoms with E-state index >= 15 is 0 Å². The molecule has 0 spiro atoms. The van der Waals surface area contributed by atoms with Crippen LogP contribution in [0, 0.1) is 0 Å². The van der Waals surface area contributed by atoms with Gasteiger partial charge >= 0.3 is 5.97 Å². The summed E-state index contributed by atoms with van der Waals surface area (Å²) in [6, 6.07) is 6.89. The summed E-state index contributed by atoms with van der Waals surface area (Å²) in [5.41, 5.74) is 0.723. The van der Waals surface area contributed by atoms with Crippen LogP contribution in [0.2, 0.25) is 5.02 Å². The topological polar surface area (TPSA) is 101 Å². The van der Waals surface area contributed by atoms with E-state index in [4.69, 9.17) is 16.7 Å². The van der Waals surface area contributed by atoms with Gasteiger partial charge in [-0.25, -0.2) is 0 Å². The van der Waals surface area contributed by atoms with Gasteiger partial charge in [0.2, 0.25) is 11.7 Å². The maximum atomic E-state index is 12.0. The first kappa shape index (κ1) is 15.9. The van der Waals surface area contributed by atoms with Crippen molar-refractivity contribution in [1.82, 2.24) is 25.1 Å². The molecule has 0 saturated carbocycles. The minimum absolute atomic E-state index is 0.165. The molecule has 0 aliphatic heterocycles. The summed E-state index contributed by atoms with van der Waals surface area (Å²) in [6.45, 7) is 1.48. The Labute approximate surface area is 131 Å². The van der Waals surface area contributed by atoms with Crippen LogP contribution in [0.1, 0.15) is 6.92 Å². The maximum Gasteiger partial charge on any atom is 0.323 e. The smallest absolute Gasteiger partial charge is 0.323 e. The van der Waals surface area contributed by atoms with Gasteiger partial charge in [-0.15, -0.1) is 10.2 Å². The monoisotopic (exact) mass is 323 g/mol. The van der Waals surface area contributed by atoms with Crippen LogP contribution in [-0.4, -0.2) is 55.2 Å². The Kier molecular flexibility index (Phi) is 5.05. The Morgan fingerprint density at radius 2 is 2.00 bits per heavy atom. The second-order valence-electron chi connectivity index (χ2n) is 4.45. The number of carbonyl (C=O) groups is 2. The van der Waals surface area contributed by atoms with Gasteiger partial charge in [0.25, 0.3) is 0 Å². The molecule has 1 N–H and O–H groups in total. The van der Waals surface area contributed by atoms with E-state index in [1.807, 2.05) is 0 Å². The molecule has 0 saturated heterocycles. The number of aromatic nitrogens is 4. The van der Waals surface area contributed by atoms with Crippen molar-refractivity contribution in [3.8, 4) is 11.4 Å². The highest BCUT2D eigenvalue weighted by Gasteiger charge is 2.17. The maximum absolute atomic E-state index is 12.0. The summed E-state index contributed by atoms with van der Waals surface area (Å²) in [6.07, 6.45) is 0. The van der Waals surface area contributed by atoms with E-state index in [2.05, 4.69) is 15.4 Å². The van der Waals surface area contributed by atoms with Crippen molar-refractivity contribution in [2.75, 3.05) is 13.1 Å². The molecule has 0 aliphatic carbocycles. The lowest BCUT2D eigenvalue weighted by atomic mass is 10.2. The van der Waals surface area contributed by atoms with Crippen molar-refractivity contribution in [3.63, 3.8) is 0 Å². The van der Waals surface area contributed by atoms with Crippen molar-refractivity contribution < 1.29 is 14.7 Å². The first-order valence-electron chi connectivity index (χ1n) is 6.53. The van der Waals surface area contributed by atoms with Crippen LogP contribution in [0.5, 0.6) is 0 Å². The number of hydrogen-bond acceptors (Lipinski definition) is 5. The molecule has 2 rings (SSSR count). The summed E-state index contributed by atoms with van der Waals surface area (Å²) in [5.74, 6) is -1.08. The minimum Gasteiger partial charge on any atom is -0.480 e. The number of amides is 1. The van der Waals surface area contributed by atoms with E-state index in [1.54, 1.807) is 31.2 Å². The van der Waals surface area contributed by atoms with Crippen molar-refractivity contribution in [3.05, 3.63) is 29.3 Å². The predicted molar refractivity (Wildman–Crippen MR) is 78.2 cm³/mol. The van der Waals surface area contributed by atoms with E-state index in [0.29, 0.717) is 17.4 Å². The van der Waals surface area contributed by atoms with Crippen molar-refractivity contribution in [2.24, 2.45) is 0 Å². The molecular formula is C13H14ClN5O3. The highest BCUT2D eigenvalue weighted by molar-refractivity contribution is 6.30. The van der Waals surface area contributed by atoms with E-state index in [1.165, 1.54) is 4.90 Å². The van der Waals surface area contributed by atoms with E-state index in [9.17, 15) is 9.59 Å². The third kappa shape index (κ3) is 4.01. The summed E-state index contributed by atoms with van der Waals surface area (Å²) >= 11 is 5.81. The summed E-state index contributed by atoms with van der Waals surface area (Å²) in [5, 5.41) is 21.1. The summed E-state index contributed by atoms with van der Waals surface area (Å²) < 4.78 is 0. The van der Waals surface area contributed by atoms with Gasteiger partial charge in [-0.3, -0.25) is 9.59 Å². The third-order valence-electron chi connectivity index (χ3n) is 2.89. The quantitative estimate of drug-likeness (QED) is 0.848. The number of hydrogen-bond donors (Lipinski definition) is 1. The fraction of sp³-hybridized carbons (Fsp3) is 0.308. The van der Waals surface area contributed by atoms with Crippen LogP contribution in [0.3, 0.4) is 0 Å².